The molecule has 1 atom stereocenters. The van der Waals surface area contributed by atoms with Crippen LogP contribution in [-0.2, 0) is 4.75 Å². The Balaban J connectivity index is 1.63. The largest absolute Gasteiger partial charge is 0.335 e. The molecule has 1 N–H and O–H groups in total. The predicted octanol–water partition coefficient (Wildman–Crippen LogP) is 3.41. The van der Waals surface area contributed by atoms with E-state index in [0.29, 0.717) is 6.54 Å². The van der Waals surface area contributed by atoms with Crippen LogP contribution in [0.5, 0.6) is 0 Å². The van der Waals surface area contributed by atoms with Gasteiger partial charge in [0.15, 0.2) is 0 Å². The van der Waals surface area contributed by atoms with Crippen molar-refractivity contribution in [2.45, 2.75) is 29.4 Å². The van der Waals surface area contributed by atoms with Crippen molar-refractivity contribution in [2.24, 2.45) is 4.99 Å². The number of benzene rings is 1. The lowest BCUT2D eigenvalue weighted by molar-refractivity contribution is 0.179. The van der Waals surface area contributed by atoms with Gasteiger partial charge in [-0.2, -0.15) is 0 Å². The number of urea groups is 1. The summed E-state index contributed by atoms with van der Waals surface area (Å²) in [6, 6.07) is 10.5. The highest BCUT2D eigenvalue weighted by atomic mass is 32.2. The third-order valence-electron chi connectivity index (χ3n) is 4.52. The Morgan fingerprint density at radius 1 is 1.39 bits per heavy atom. The second kappa shape index (κ2) is 6.40. The third kappa shape index (κ3) is 3.29. The SMILES string of the molecule is C=CCNC(=O)N1CCC2(CC1)N=CC(C)(c1ccccc1)S2. The summed E-state index contributed by atoms with van der Waals surface area (Å²) in [5.41, 5.74) is 1.29. The summed E-state index contributed by atoms with van der Waals surface area (Å²) in [5.74, 6) is 0. The maximum absolute atomic E-state index is 12.0. The zero-order chi connectivity index (χ0) is 16.3. The number of likely N-dealkylation sites (tertiary alicyclic amines) is 1. The first-order chi connectivity index (χ1) is 11.1. The number of carbonyl (C=O) groups is 1. The highest BCUT2D eigenvalue weighted by molar-refractivity contribution is 8.02. The van der Waals surface area contributed by atoms with Crippen molar-refractivity contribution < 1.29 is 4.79 Å². The molecular weight excluding hydrogens is 306 g/mol. The van der Waals surface area contributed by atoms with Crippen molar-refractivity contribution in [3.05, 3.63) is 48.6 Å². The molecule has 5 heteroatoms. The summed E-state index contributed by atoms with van der Waals surface area (Å²) >= 11 is 1.92. The Hall–Kier alpha value is -1.75. The standard InChI is InChI=1S/C18H23N3OS/c1-3-11-19-16(22)21-12-9-18(10-13-21)20-14-17(2,23-18)15-7-5-4-6-8-15/h3-8,14H,1,9-13H2,2H3,(H,19,22). The lowest BCUT2D eigenvalue weighted by Crippen LogP contribution is -2.48. The van der Waals surface area contributed by atoms with Gasteiger partial charge in [0.2, 0.25) is 0 Å². The molecule has 4 nitrogen and oxygen atoms in total. The number of carbonyl (C=O) groups excluding carboxylic acids is 1. The first kappa shape index (κ1) is 16.1. The molecule has 0 saturated carbocycles. The van der Waals surface area contributed by atoms with Gasteiger partial charge in [-0.05, 0) is 25.3 Å². The van der Waals surface area contributed by atoms with E-state index in [1.165, 1.54) is 5.56 Å². The average molecular weight is 329 g/mol. The Labute approximate surface area is 142 Å². The number of nitrogens with zero attached hydrogens (tertiary/aromatic N) is 2. The van der Waals surface area contributed by atoms with Crippen molar-refractivity contribution in [3.8, 4) is 0 Å². The summed E-state index contributed by atoms with van der Waals surface area (Å²) in [6.45, 7) is 7.87. The van der Waals surface area contributed by atoms with E-state index in [4.69, 9.17) is 4.99 Å². The topological polar surface area (TPSA) is 44.7 Å². The molecule has 1 aromatic carbocycles. The van der Waals surface area contributed by atoms with E-state index < -0.39 is 0 Å². The van der Waals surface area contributed by atoms with Crippen molar-refractivity contribution >= 4 is 24.0 Å². The normalized spacial score (nSPS) is 25.5. The first-order valence-electron chi connectivity index (χ1n) is 8.03. The number of thioether (sulfide) groups is 1. The van der Waals surface area contributed by atoms with E-state index in [1.807, 2.05) is 22.7 Å². The monoisotopic (exact) mass is 329 g/mol. The number of piperidine rings is 1. The van der Waals surface area contributed by atoms with Crippen LogP contribution in [0.3, 0.4) is 0 Å². The second-order valence-corrected chi connectivity index (χ2v) is 8.05. The van der Waals surface area contributed by atoms with Gasteiger partial charge in [0.1, 0.15) is 4.87 Å². The fraction of sp³-hybridized carbons (Fsp3) is 0.444. The third-order valence-corrected chi connectivity index (χ3v) is 6.18. The Morgan fingerprint density at radius 2 is 2.09 bits per heavy atom. The molecule has 1 spiro atoms. The zero-order valence-electron chi connectivity index (χ0n) is 13.5. The van der Waals surface area contributed by atoms with Crippen LogP contribution in [0, 0.1) is 0 Å². The summed E-state index contributed by atoms with van der Waals surface area (Å²) in [5, 5.41) is 2.85. The van der Waals surface area contributed by atoms with Crippen LogP contribution < -0.4 is 5.32 Å². The molecular formula is C18H23N3OS. The smallest absolute Gasteiger partial charge is 0.317 e. The van der Waals surface area contributed by atoms with Crippen LogP contribution in [0.25, 0.3) is 0 Å². The molecule has 1 unspecified atom stereocenters. The molecule has 3 rings (SSSR count). The molecule has 2 aliphatic heterocycles. The van der Waals surface area contributed by atoms with Crippen molar-refractivity contribution in [3.63, 3.8) is 0 Å². The summed E-state index contributed by atoms with van der Waals surface area (Å²) in [4.78, 5) is 18.7. The van der Waals surface area contributed by atoms with Crippen LogP contribution in [0.2, 0.25) is 0 Å². The van der Waals surface area contributed by atoms with Crippen LogP contribution >= 0.6 is 11.8 Å². The van der Waals surface area contributed by atoms with Gasteiger partial charge in [-0.15, -0.1) is 18.3 Å². The molecule has 2 heterocycles. The average Bonchev–Trinajstić information content (AvgIpc) is 2.92. The van der Waals surface area contributed by atoms with E-state index in [2.05, 4.69) is 49.3 Å². The molecule has 2 aliphatic rings. The molecule has 0 aliphatic carbocycles. The highest BCUT2D eigenvalue weighted by Crippen LogP contribution is 2.52. The van der Waals surface area contributed by atoms with Crippen LogP contribution in [0.1, 0.15) is 25.3 Å². The summed E-state index contributed by atoms with van der Waals surface area (Å²) in [6.07, 6.45) is 5.60. The van der Waals surface area contributed by atoms with Gasteiger partial charge in [-0.3, -0.25) is 4.99 Å². The Morgan fingerprint density at radius 3 is 2.74 bits per heavy atom. The van der Waals surface area contributed by atoms with E-state index in [1.54, 1.807) is 6.08 Å². The van der Waals surface area contributed by atoms with Crippen LogP contribution in [0.15, 0.2) is 48.0 Å². The quantitative estimate of drug-likeness (QED) is 0.864. The fourth-order valence-electron chi connectivity index (χ4n) is 3.15. The van der Waals surface area contributed by atoms with Gasteiger partial charge in [-0.25, -0.2) is 4.79 Å². The lowest BCUT2D eigenvalue weighted by Gasteiger charge is -2.38. The molecule has 0 radical (unpaired) electrons. The van der Waals surface area contributed by atoms with Crippen molar-refractivity contribution in [2.75, 3.05) is 19.6 Å². The lowest BCUT2D eigenvalue weighted by atomic mass is 10.0. The van der Waals surface area contributed by atoms with E-state index in [0.717, 1.165) is 25.9 Å². The molecule has 122 valence electrons. The predicted molar refractivity (Wildman–Crippen MR) is 97.0 cm³/mol. The maximum Gasteiger partial charge on any atom is 0.317 e. The summed E-state index contributed by atoms with van der Waals surface area (Å²) in [7, 11) is 0. The first-order valence-corrected chi connectivity index (χ1v) is 8.84. The van der Waals surface area contributed by atoms with E-state index in [9.17, 15) is 4.79 Å². The number of aliphatic imine (C=N–C) groups is 1. The van der Waals surface area contributed by atoms with Gasteiger partial charge in [0, 0.05) is 25.8 Å². The molecule has 1 saturated heterocycles. The van der Waals surface area contributed by atoms with Crippen molar-refractivity contribution in [1.29, 1.82) is 0 Å². The Kier molecular flexibility index (Phi) is 4.48. The van der Waals surface area contributed by atoms with Gasteiger partial charge in [0.05, 0.1) is 4.75 Å². The minimum atomic E-state index is -0.0835. The minimum absolute atomic E-state index is 0.00227. The number of amides is 2. The summed E-state index contributed by atoms with van der Waals surface area (Å²) < 4.78 is -0.0749. The van der Waals surface area contributed by atoms with Crippen molar-refractivity contribution in [1.82, 2.24) is 10.2 Å². The Bertz CT molecular complexity index is 608. The zero-order valence-corrected chi connectivity index (χ0v) is 14.3. The fourth-order valence-corrected chi connectivity index (χ4v) is 4.79. The number of hydrogen-bond acceptors (Lipinski definition) is 3. The second-order valence-electron chi connectivity index (χ2n) is 6.24. The molecule has 1 fully saturated rings. The number of hydrogen-bond donors (Lipinski definition) is 1. The highest BCUT2D eigenvalue weighted by Gasteiger charge is 2.46. The van der Waals surface area contributed by atoms with Gasteiger partial charge in [-0.1, -0.05) is 36.4 Å². The molecule has 1 aromatic rings. The van der Waals surface area contributed by atoms with E-state index >= 15 is 0 Å². The van der Waals surface area contributed by atoms with Crippen LogP contribution in [-0.4, -0.2) is 41.7 Å². The molecule has 0 bridgehead atoms. The van der Waals surface area contributed by atoms with E-state index in [-0.39, 0.29) is 15.6 Å². The van der Waals surface area contributed by atoms with Gasteiger partial charge >= 0.3 is 6.03 Å². The minimum Gasteiger partial charge on any atom is -0.335 e. The van der Waals surface area contributed by atoms with Gasteiger partial charge in [0.25, 0.3) is 0 Å². The molecule has 0 aromatic heterocycles. The van der Waals surface area contributed by atoms with Crippen LogP contribution in [0.4, 0.5) is 4.79 Å². The maximum atomic E-state index is 12.0. The van der Waals surface area contributed by atoms with Gasteiger partial charge < -0.3 is 10.2 Å². The number of rotatable bonds is 3. The molecule has 2 amide bonds. The molecule has 23 heavy (non-hydrogen) atoms. The number of nitrogens with one attached hydrogen (secondary N) is 1.